The number of ether oxygens (including phenoxy) is 3. The molecule has 6 heteroatoms. The van der Waals surface area contributed by atoms with Gasteiger partial charge in [0.05, 0.1) is 0 Å². The highest BCUT2D eigenvalue weighted by Gasteiger charge is 2.19. The lowest BCUT2D eigenvalue weighted by Gasteiger charge is -2.18. The topological polar surface area (TPSA) is 78.9 Å². The van der Waals surface area contributed by atoms with E-state index in [1.807, 2.05) is 42.5 Å². The molecule has 0 bridgehead atoms. The fraction of sp³-hybridized carbons (Fsp3) is 0.542. The van der Waals surface area contributed by atoms with Gasteiger partial charge in [0.25, 0.3) is 0 Å². The van der Waals surface area contributed by atoms with Gasteiger partial charge in [0.15, 0.2) is 6.10 Å². The van der Waals surface area contributed by atoms with E-state index in [-0.39, 0.29) is 37.5 Å². The molecular formula is C59H90O6. The Bertz CT molecular complexity index is 1490. The Hall–Kier alpha value is -4.71. The Morgan fingerprint density at radius 2 is 0.677 bits per heavy atom. The fourth-order valence-electron chi connectivity index (χ4n) is 6.23. The molecule has 0 aromatic carbocycles. The summed E-state index contributed by atoms with van der Waals surface area (Å²) in [5, 5.41) is 0. The molecule has 1 atom stereocenters. The molecule has 0 spiro atoms. The number of allylic oxidation sites excluding steroid dienone is 24. The molecule has 0 radical (unpaired) electrons. The van der Waals surface area contributed by atoms with E-state index in [4.69, 9.17) is 14.2 Å². The minimum absolute atomic E-state index is 0.117. The number of esters is 3. The van der Waals surface area contributed by atoms with Crippen molar-refractivity contribution in [2.45, 2.75) is 194 Å². The van der Waals surface area contributed by atoms with Crippen molar-refractivity contribution in [3.8, 4) is 0 Å². The number of carbonyl (C=O) groups is 3. The van der Waals surface area contributed by atoms with Gasteiger partial charge in [0.1, 0.15) is 13.2 Å². The van der Waals surface area contributed by atoms with Gasteiger partial charge in [-0.2, -0.15) is 0 Å². The summed E-state index contributed by atoms with van der Waals surface area (Å²) in [5.74, 6) is -1.01. The molecule has 362 valence electrons. The van der Waals surface area contributed by atoms with Crippen LogP contribution in [0, 0.1) is 0 Å². The van der Waals surface area contributed by atoms with E-state index in [1.54, 1.807) is 0 Å². The first-order valence-corrected chi connectivity index (χ1v) is 25.4. The smallest absolute Gasteiger partial charge is 0.306 e. The minimum Gasteiger partial charge on any atom is -0.462 e. The molecule has 0 heterocycles. The molecule has 0 rings (SSSR count). The van der Waals surface area contributed by atoms with Crippen LogP contribution in [0.4, 0.5) is 0 Å². The lowest BCUT2D eigenvalue weighted by molar-refractivity contribution is -0.167. The Labute approximate surface area is 397 Å². The van der Waals surface area contributed by atoms with Gasteiger partial charge in [-0.25, -0.2) is 0 Å². The summed E-state index contributed by atoms with van der Waals surface area (Å²) in [6, 6.07) is 0. The summed E-state index contributed by atoms with van der Waals surface area (Å²) in [6.45, 7) is 6.21. The zero-order chi connectivity index (χ0) is 47.2. The monoisotopic (exact) mass is 895 g/mol. The minimum atomic E-state index is -0.821. The van der Waals surface area contributed by atoms with Gasteiger partial charge in [-0.05, 0) is 96.3 Å². The molecule has 0 aliphatic heterocycles. The lowest BCUT2D eigenvalue weighted by atomic mass is 10.1. The first-order chi connectivity index (χ1) is 32.0. The third-order valence-electron chi connectivity index (χ3n) is 9.98. The summed E-state index contributed by atoms with van der Waals surface area (Å²) in [6.07, 6.45) is 73.9. The Balaban J connectivity index is 4.56. The first kappa shape index (κ1) is 60.3. The second-order valence-corrected chi connectivity index (χ2v) is 16.1. The van der Waals surface area contributed by atoms with Crippen LogP contribution in [0.5, 0.6) is 0 Å². The zero-order valence-corrected chi connectivity index (χ0v) is 41.2. The van der Waals surface area contributed by atoms with Crippen molar-refractivity contribution in [3.63, 3.8) is 0 Å². The average molecular weight is 895 g/mol. The van der Waals surface area contributed by atoms with Crippen LogP contribution in [-0.4, -0.2) is 37.2 Å². The van der Waals surface area contributed by atoms with Crippen LogP contribution in [0.15, 0.2) is 146 Å². The summed E-state index contributed by atoms with van der Waals surface area (Å²) >= 11 is 0. The molecule has 0 amide bonds. The maximum absolute atomic E-state index is 12.8. The number of rotatable bonds is 43. The van der Waals surface area contributed by atoms with E-state index in [1.165, 1.54) is 6.42 Å². The van der Waals surface area contributed by atoms with Crippen molar-refractivity contribution >= 4 is 17.9 Å². The Morgan fingerprint density at radius 3 is 1.14 bits per heavy atom. The van der Waals surface area contributed by atoms with Crippen molar-refractivity contribution in [2.24, 2.45) is 0 Å². The van der Waals surface area contributed by atoms with E-state index in [2.05, 4.69) is 124 Å². The number of hydrogen-bond donors (Lipinski definition) is 0. The third kappa shape index (κ3) is 50.2. The van der Waals surface area contributed by atoms with E-state index in [0.717, 1.165) is 135 Å². The highest BCUT2D eigenvalue weighted by molar-refractivity contribution is 5.71. The van der Waals surface area contributed by atoms with E-state index in [0.29, 0.717) is 19.3 Å². The Kier molecular flexibility index (Phi) is 48.2. The largest absolute Gasteiger partial charge is 0.462 e. The highest BCUT2D eigenvalue weighted by Crippen LogP contribution is 2.12. The van der Waals surface area contributed by atoms with Crippen LogP contribution in [0.2, 0.25) is 0 Å². The van der Waals surface area contributed by atoms with Crippen molar-refractivity contribution in [2.75, 3.05) is 13.2 Å². The van der Waals surface area contributed by atoms with Crippen molar-refractivity contribution < 1.29 is 28.6 Å². The molecule has 0 N–H and O–H groups in total. The summed E-state index contributed by atoms with van der Waals surface area (Å²) in [4.78, 5) is 38.0. The number of hydrogen-bond acceptors (Lipinski definition) is 6. The lowest BCUT2D eigenvalue weighted by Crippen LogP contribution is -2.30. The highest BCUT2D eigenvalue weighted by atomic mass is 16.6. The molecule has 1 unspecified atom stereocenters. The summed E-state index contributed by atoms with van der Waals surface area (Å²) in [5.41, 5.74) is 0. The van der Waals surface area contributed by atoms with Gasteiger partial charge in [-0.15, -0.1) is 0 Å². The second-order valence-electron chi connectivity index (χ2n) is 16.1. The molecule has 0 aliphatic carbocycles. The van der Waals surface area contributed by atoms with Crippen LogP contribution in [-0.2, 0) is 28.6 Å². The summed E-state index contributed by atoms with van der Waals surface area (Å²) in [7, 11) is 0. The van der Waals surface area contributed by atoms with Crippen molar-refractivity contribution in [3.05, 3.63) is 146 Å². The molecule has 6 nitrogen and oxygen atoms in total. The van der Waals surface area contributed by atoms with Crippen LogP contribution in [0.1, 0.15) is 188 Å². The maximum Gasteiger partial charge on any atom is 0.306 e. The first-order valence-electron chi connectivity index (χ1n) is 25.4. The molecule has 0 fully saturated rings. The zero-order valence-electron chi connectivity index (χ0n) is 41.2. The maximum atomic E-state index is 12.8. The molecule has 0 aromatic heterocycles. The van der Waals surface area contributed by atoms with Crippen molar-refractivity contribution in [1.29, 1.82) is 0 Å². The number of unbranched alkanes of at least 4 members (excludes halogenated alkanes) is 14. The summed E-state index contributed by atoms with van der Waals surface area (Å²) < 4.78 is 16.7. The van der Waals surface area contributed by atoms with Crippen LogP contribution in [0.25, 0.3) is 0 Å². The van der Waals surface area contributed by atoms with Gasteiger partial charge in [0, 0.05) is 19.3 Å². The second kappa shape index (κ2) is 51.9. The van der Waals surface area contributed by atoms with Gasteiger partial charge in [-0.1, -0.05) is 218 Å². The van der Waals surface area contributed by atoms with Gasteiger partial charge >= 0.3 is 17.9 Å². The standard InChI is InChI=1S/C59H90O6/c1-4-7-10-13-16-19-22-25-27-29-30-32-34-37-40-43-46-49-52-58(61)64-55-56(54-63-57(60)51-48-45-42-39-36-33-24-21-18-15-12-9-6-3)65-59(62)53-50-47-44-41-38-35-31-28-26-23-20-17-14-11-8-5-2/h8-13,15-22,24-30,32,35,38,56H,4-7,14,23,31,33-34,36-37,39-55H2,1-3H3/b11-8+,12-9+,13-10+,18-15+,19-16+,20-17+,24-21+,25-22+,28-26+,29-27+,32-30+,38-35+. The molecule has 0 saturated heterocycles. The van der Waals surface area contributed by atoms with Crippen LogP contribution >= 0.6 is 0 Å². The van der Waals surface area contributed by atoms with Crippen molar-refractivity contribution in [1.82, 2.24) is 0 Å². The van der Waals surface area contributed by atoms with Crippen LogP contribution in [0.3, 0.4) is 0 Å². The van der Waals surface area contributed by atoms with Crippen LogP contribution < -0.4 is 0 Å². The molecule has 0 aliphatic rings. The van der Waals surface area contributed by atoms with Gasteiger partial charge in [0.2, 0.25) is 0 Å². The fourth-order valence-corrected chi connectivity index (χ4v) is 6.23. The average Bonchev–Trinajstić information content (AvgIpc) is 3.30. The quantitative estimate of drug-likeness (QED) is 0.0199. The van der Waals surface area contributed by atoms with Gasteiger partial charge in [-0.3, -0.25) is 14.4 Å². The predicted molar refractivity (Wildman–Crippen MR) is 279 cm³/mol. The number of carbonyl (C=O) groups excluding carboxylic acids is 3. The Morgan fingerprint density at radius 1 is 0.338 bits per heavy atom. The normalized spacial score (nSPS) is 13.3. The molecule has 0 saturated carbocycles. The predicted octanol–water partition coefficient (Wildman–Crippen LogP) is 16.9. The molecular weight excluding hydrogens is 805 g/mol. The van der Waals surface area contributed by atoms with E-state index < -0.39 is 6.10 Å². The molecule has 0 aromatic rings. The van der Waals surface area contributed by atoms with E-state index in [9.17, 15) is 14.4 Å². The van der Waals surface area contributed by atoms with E-state index >= 15 is 0 Å². The third-order valence-corrected chi connectivity index (χ3v) is 9.98. The molecule has 65 heavy (non-hydrogen) atoms. The SMILES string of the molecule is CC/C=C/C=C/C=C/CCCCCCCC(=O)OCC(COC(=O)CCCCCCC/C=C/C=C/C=C/C=C/C=C/CCC)OC(=O)CCCCC/C=C/C/C=C/C/C=C/C/C=C/CC. The van der Waals surface area contributed by atoms with Gasteiger partial charge < -0.3 is 14.2 Å².